The zero-order chi connectivity index (χ0) is 14.7. The molecular formula is C16H14FNO3. The van der Waals surface area contributed by atoms with E-state index in [1.54, 1.807) is 24.3 Å². The molecule has 108 valence electrons. The maximum Gasteiger partial charge on any atom is 0.231 e. The number of carbonyl (C=O) groups excluding carboxylic acids is 1. The van der Waals surface area contributed by atoms with E-state index in [9.17, 15) is 9.18 Å². The number of fused-ring (bicyclic) bond motifs is 1. The average molecular weight is 287 g/mol. The number of ether oxygens (including phenoxy) is 2. The Balaban J connectivity index is 1.58. The molecule has 0 bridgehead atoms. The summed E-state index contributed by atoms with van der Waals surface area (Å²) in [4.78, 5) is 11.8. The summed E-state index contributed by atoms with van der Waals surface area (Å²) in [7, 11) is 0. The summed E-state index contributed by atoms with van der Waals surface area (Å²) in [5, 5.41) is 2.76. The molecule has 5 heteroatoms. The summed E-state index contributed by atoms with van der Waals surface area (Å²) < 4.78 is 23.9. The van der Waals surface area contributed by atoms with Crippen molar-refractivity contribution in [2.24, 2.45) is 0 Å². The van der Waals surface area contributed by atoms with Crippen molar-refractivity contribution in [2.45, 2.75) is 13.0 Å². The van der Waals surface area contributed by atoms with Gasteiger partial charge in [0.25, 0.3) is 0 Å². The second-order valence-corrected chi connectivity index (χ2v) is 4.73. The Labute approximate surface area is 121 Å². The third-order valence-electron chi connectivity index (χ3n) is 3.24. The van der Waals surface area contributed by atoms with Crippen LogP contribution in [0.4, 0.5) is 4.39 Å². The number of rotatable bonds is 4. The van der Waals surface area contributed by atoms with Gasteiger partial charge in [0.1, 0.15) is 5.82 Å². The van der Waals surface area contributed by atoms with Crippen LogP contribution in [0.1, 0.15) is 11.1 Å². The molecule has 1 N–H and O–H groups in total. The highest BCUT2D eigenvalue weighted by Gasteiger charge is 2.13. The van der Waals surface area contributed by atoms with E-state index >= 15 is 0 Å². The molecular weight excluding hydrogens is 273 g/mol. The smallest absolute Gasteiger partial charge is 0.231 e. The zero-order valence-corrected chi connectivity index (χ0v) is 11.3. The quantitative estimate of drug-likeness (QED) is 0.939. The number of hydrogen-bond acceptors (Lipinski definition) is 3. The highest BCUT2D eigenvalue weighted by molar-refractivity contribution is 5.78. The molecule has 1 aliphatic heterocycles. The van der Waals surface area contributed by atoms with E-state index in [0.29, 0.717) is 23.6 Å². The molecule has 0 radical (unpaired) electrons. The summed E-state index contributed by atoms with van der Waals surface area (Å²) in [6.45, 7) is 0.586. The zero-order valence-electron chi connectivity index (χ0n) is 11.3. The van der Waals surface area contributed by atoms with E-state index in [4.69, 9.17) is 9.47 Å². The first-order valence-electron chi connectivity index (χ1n) is 6.61. The summed E-state index contributed by atoms with van der Waals surface area (Å²) in [5.74, 6) is 0.792. The van der Waals surface area contributed by atoms with Crippen molar-refractivity contribution in [3.8, 4) is 11.5 Å². The number of hydrogen-bond donors (Lipinski definition) is 1. The molecule has 21 heavy (non-hydrogen) atoms. The van der Waals surface area contributed by atoms with E-state index in [0.717, 1.165) is 5.56 Å². The molecule has 0 fully saturated rings. The molecule has 1 aliphatic rings. The number of benzene rings is 2. The van der Waals surface area contributed by atoms with E-state index in [-0.39, 0.29) is 24.9 Å². The van der Waals surface area contributed by atoms with Crippen molar-refractivity contribution >= 4 is 5.91 Å². The SMILES string of the molecule is O=C(Cc1ccccc1F)NCc1ccc2c(c1)OCO2. The predicted molar refractivity (Wildman–Crippen MR) is 74.5 cm³/mol. The molecule has 1 heterocycles. The first kappa shape index (κ1) is 13.4. The Kier molecular flexibility index (Phi) is 3.73. The lowest BCUT2D eigenvalue weighted by Crippen LogP contribution is -2.24. The van der Waals surface area contributed by atoms with Crippen molar-refractivity contribution in [1.82, 2.24) is 5.32 Å². The number of nitrogens with one attached hydrogen (secondary N) is 1. The lowest BCUT2D eigenvalue weighted by molar-refractivity contribution is -0.120. The van der Waals surface area contributed by atoms with Gasteiger partial charge in [-0.25, -0.2) is 4.39 Å². The van der Waals surface area contributed by atoms with Gasteiger partial charge in [-0.2, -0.15) is 0 Å². The van der Waals surface area contributed by atoms with Crippen LogP contribution < -0.4 is 14.8 Å². The van der Waals surface area contributed by atoms with Gasteiger partial charge >= 0.3 is 0 Å². The second kappa shape index (κ2) is 5.83. The molecule has 0 atom stereocenters. The van der Waals surface area contributed by atoms with Crippen LogP contribution in [0.2, 0.25) is 0 Å². The molecule has 0 aliphatic carbocycles. The number of carbonyl (C=O) groups is 1. The van der Waals surface area contributed by atoms with Gasteiger partial charge < -0.3 is 14.8 Å². The second-order valence-electron chi connectivity index (χ2n) is 4.73. The molecule has 0 saturated carbocycles. The first-order valence-corrected chi connectivity index (χ1v) is 6.61. The maximum atomic E-state index is 13.5. The summed E-state index contributed by atoms with van der Waals surface area (Å²) in [6, 6.07) is 11.8. The standard InChI is InChI=1S/C16H14FNO3/c17-13-4-2-1-3-12(13)8-16(19)18-9-11-5-6-14-15(7-11)21-10-20-14/h1-7H,8-10H2,(H,18,19). The minimum absolute atomic E-state index is 0.0250. The highest BCUT2D eigenvalue weighted by Crippen LogP contribution is 2.32. The van der Waals surface area contributed by atoms with Crippen LogP contribution >= 0.6 is 0 Å². The van der Waals surface area contributed by atoms with E-state index in [1.807, 2.05) is 12.1 Å². The lowest BCUT2D eigenvalue weighted by Gasteiger charge is -2.07. The van der Waals surface area contributed by atoms with Gasteiger partial charge in [0.15, 0.2) is 11.5 Å². The number of halogens is 1. The largest absolute Gasteiger partial charge is 0.454 e. The fourth-order valence-corrected chi connectivity index (χ4v) is 2.13. The van der Waals surface area contributed by atoms with Gasteiger partial charge in [-0.05, 0) is 29.3 Å². The molecule has 1 amide bonds. The van der Waals surface area contributed by atoms with Crippen LogP contribution in [0.5, 0.6) is 11.5 Å². The van der Waals surface area contributed by atoms with Crippen LogP contribution in [-0.4, -0.2) is 12.7 Å². The summed E-state index contributed by atoms with van der Waals surface area (Å²) >= 11 is 0. The van der Waals surface area contributed by atoms with Gasteiger partial charge in [0.2, 0.25) is 12.7 Å². The molecule has 0 spiro atoms. The van der Waals surface area contributed by atoms with Crippen molar-refractivity contribution in [3.05, 3.63) is 59.4 Å². The molecule has 0 saturated heterocycles. The molecule has 2 aromatic carbocycles. The van der Waals surface area contributed by atoms with Gasteiger partial charge in [0.05, 0.1) is 6.42 Å². The fourth-order valence-electron chi connectivity index (χ4n) is 2.13. The van der Waals surface area contributed by atoms with Crippen molar-refractivity contribution < 1.29 is 18.7 Å². The van der Waals surface area contributed by atoms with Crippen molar-refractivity contribution in [3.63, 3.8) is 0 Å². The van der Waals surface area contributed by atoms with Crippen LogP contribution in [0.25, 0.3) is 0 Å². The van der Waals surface area contributed by atoms with Gasteiger partial charge in [-0.3, -0.25) is 4.79 Å². The Morgan fingerprint density at radius 1 is 1.14 bits per heavy atom. The molecule has 3 rings (SSSR count). The average Bonchev–Trinajstić information content (AvgIpc) is 2.95. The molecule has 0 aromatic heterocycles. The Hall–Kier alpha value is -2.56. The molecule has 0 unspecified atom stereocenters. The van der Waals surface area contributed by atoms with E-state index in [2.05, 4.69) is 5.32 Å². The third kappa shape index (κ3) is 3.13. The Morgan fingerprint density at radius 2 is 1.95 bits per heavy atom. The lowest BCUT2D eigenvalue weighted by atomic mass is 10.1. The van der Waals surface area contributed by atoms with Crippen molar-refractivity contribution in [2.75, 3.05) is 6.79 Å². The minimum atomic E-state index is -0.365. The van der Waals surface area contributed by atoms with Crippen LogP contribution in [0, 0.1) is 5.82 Å². The minimum Gasteiger partial charge on any atom is -0.454 e. The van der Waals surface area contributed by atoms with Crippen molar-refractivity contribution in [1.29, 1.82) is 0 Å². The van der Waals surface area contributed by atoms with Gasteiger partial charge in [-0.1, -0.05) is 24.3 Å². The van der Waals surface area contributed by atoms with Crippen LogP contribution in [0.15, 0.2) is 42.5 Å². The maximum absolute atomic E-state index is 13.5. The summed E-state index contributed by atoms with van der Waals surface area (Å²) in [6.07, 6.45) is 0.0250. The summed E-state index contributed by atoms with van der Waals surface area (Å²) in [5.41, 5.74) is 1.29. The Morgan fingerprint density at radius 3 is 2.81 bits per heavy atom. The predicted octanol–water partition coefficient (Wildman–Crippen LogP) is 2.41. The highest BCUT2D eigenvalue weighted by atomic mass is 19.1. The van der Waals surface area contributed by atoms with Gasteiger partial charge in [0, 0.05) is 6.54 Å². The van der Waals surface area contributed by atoms with E-state index < -0.39 is 0 Å². The normalized spacial score (nSPS) is 12.2. The third-order valence-corrected chi connectivity index (χ3v) is 3.24. The first-order chi connectivity index (χ1) is 10.2. The monoisotopic (exact) mass is 287 g/mol. The topological polar surface area (TPSA) is 47.6 Å². The van der Waals surface area contributed by atoms with Crippen LogP contribution in [0.3, 0.4) is 0 Å². The van der Waals surface area contributed by atoms with E-state index in [1.165, 1.54) is 6.07 Å². The molecule has 2 aromatic rings. The van der Waals surface area contributed by atoms with Gasteiger partial charge in [-0.15, -0.1) is 0 Å². The Bertz CT molecular complexity index is 672. The van der Waals surface area contributed by atoms with Crippen LogP contribution in [-0.2, 0) is 17.8 Å². The molecule has 4 nitrogen and oxygen atoms in total. The fraction of sp³-hybridized carbons (Fsp3) is 0.188. The number of amides is 1.